The van der Waals surface area contributed by atoms with Gasteiger partial charge in [-0.15, -0.1) is 0 Å². The van der Waals surface area contributed by atoms with E-state index in [1.54, 1.807) is 6.07 Å². The van der Waals surface area contributed by atoms with Crippen molar-refractivity contribution in [3.8, 4) is 0 Å². The van der Waals surface area contributed by atoms with Gasteiger partial charge in [-0.25, -0.2) is 4.98 Å². The van der Waals surface area contributed by atoms with Gasteiger partial charge in [-0.1, -0.05) is 0 Å². The normalized spacial score (nSPS) is 21.7. The van der Waals surface area contributed by atoms with Gasteiger partial charge in [-0.2, -0.15) is 0 Å². The van der Waals surface area contributed by atoms with Gasteiger partial charge in [-0.3, -0.25) is 4.79 Å². The number of anilines is 2. The van der Waals surface area contributed by atoms with Crippen molar-refractivity contribution < 1.29 is 5.11 Å². The highest BCUT2D eigenvalue weighted by molar-refractivity contribution is 5.88. The maximum atomic E-state index is 11.7. The molecular weight excluding hydrogens is 256 g/mol. The van der Waals surface area contributed by atoms with Crippen LogP contribution in [-0.4, -0.2) is 34.8 Å². The van der Waals surface area contributed by atoms with Gasteiger partial charge >= 0.3 is 0 Å². The first-order valence-electron chi connectivity index (χ1n) is 6.70. The van der Waals surface area contributed by atoms with Crippen molar-refractivity contribution in [2.75, 3.05) is 24.2 Å². The van der Waals surface area contributed by atoms with Crippen molar-refractivity contribution in [3.05, 3.63) is 28.8 Å². The van der Waals surface area contributed by atoms with E-state index in [1.165, 1.54) is 6.33 Å². The average molecular weight is 274 g/mol. The van der Waals surface area contributed by atoms with Gasteiger partial charge in [0, 0.05) is 13.6 Å². The summed E-state index contributed by atoms with van der Waals surface area (Å²) in [5.74, 6) is 0.497. The van der Waals surface area contributed by atoms with Crippen molar-refractivity contribution in [2.45, 2.75) is 18.9 Å². The number of nitrogen functional groups attached to an aromatic ring is 1. The maximum absolute atomic E-state index is 11.7. The van der Waals surface area contributed by atoms with Crippen molar-refractivity contribution in [2.24, 2.45) is 5.92 Å². The number of aromatic amines is 1. The smallest absolute Gasteiger partial charge is 0.258 e. The predicted molar refractivity (Wildman–Crippen MR) is 78.8 cm³/mol. The second-order valence-corrected chi connectivity index (χ2v) is 5.53. The van der Waals surface area contributed by atoms with Crippen LogP contribution in [0.15, 0.2) is 23.3 Å². The largest absolute Gasteiger partial charge is 0.397 e. The molecule has 0 spiro atoms. The molecule has 1 heterocycles. The molecule has 4 N–H and O–H groups in total. The van der Waals surface area contributed by atoms with Crippen LogP contribution >= 0.6 is 0 Å². The van der Waals surface area contributed by atoms with Crippen LogP contribution in [0, 0.1) is 5.92 Å². The molecule has 106 valence electrons. The lowest BCUT2D eigenvalue weighted by Crippen LogP contribution is -2.37. The number of hydrogen-bond acceptors (Lipinski definition) is 5. The summed E-state index contributed by atoms with van der Waals surface area (Å²) in [6, 6.07) is 3.51. The molecule has 1 aromatic heterocycles. The van der Waals surface area contributed by atoms with E-state index in [1.807, 2.05) is 13.1 Å². The van der Waals surface area contributed by atoms with Gasteiger partial charge in [0.25, 0.3) is 5.56 Å². The molecule has 0 unspecified atom stereocenters. The minimum atomic E-state index is -0.182. The summed E-state index contributed by atoms with van der Waals surface area (Å²) in [5, 5.41) is 9.84. The van der Waals surface area contributed by atoms with E-state index in [9.17, 15) is 9.90 Å². The Morgan fingerprint density at radius 2 is 2.25 bits per heavy atom. The van der Waals surface area contributed by atoms with E-state index in [4.69, 9.17) is 5.73 Å². The molecule has 1 aromatic carbocycles. The predicted octanol–water partition coefficient (Wildman–Crippen LogP) is 0.712. The van der Waals surface area contributed by atoms with Crippen LogP contribution in [0.3, 0.4) is 0 Å². The fourth-order valence-electron chi connectivity index (χ4n) is 2.79. The van der Waals surface area contributed by atoms with Gasteiger partial charge in [0.15, 0.2) is 0 Å². The average Bonchev–Trinajstić information content (AvgIpc) is 2.37. The zero-order chi connectivity index (χ0) is 14.3. The molecule has 6 nitrogen and oxygen atoms in total. The van der Waals surface area contributed by atoms with Crippen LogP contribution < -0.4 is 16.2 Å². The summed E-state index contributed by atoms with van der Waals surface area (Å²) in [5.41, 5.74) is 7.94. The highest BCUT2D eigenvalue weighted by atomic mass is 16.3. The summed E-state index contributed by atoms with van der Waals surface area (Å²) >= 11 is 0. The number of aromatic nitrogens is 2. The fourth-order valence-corrected chi connectivity index (χ4v) is 2.79. The molecule has 2 aromatic rings. The molecule has 0 radical (unpaired) electrons. The maximum Gasteiger partial charge on any atom is 0.258 e. The molecule has 6 heteroatoms. The Morgan fingerprint density at radius 1 is 1.50 bits per heavy atom. The molecular formula is C14H18N4O2. The quantitative estimate of drug-likeness (QED) is 0.717. The van der Waals surface area contributed by atoms with Gasteiger partial charge in [0.1, 0.15) is 0 Å². The van der Waals surface area contributed by atoms with Crippen LogP contribution in [0.4, 0.5) is 11.4 Å². The minimum absolute atomic E-state index is 0.150. The lowest BCUT2D eigenvalue weighted by Gasteiger charge is -2.35. The molecule has 1 fully saturated rings. The van der Waals surface area contributed by atoms with Gasteiger partial charge < -0.3 is 20.7 Å². The van der Waals surface area contributed by atoms with Crippen LogP contribution in [0.2, 0.25) is 0 Å². The Kier molecular flexibility index (Phi) is 3.10. The monoisotopic (exact) mass is 274 g/mol. The van der Waals surface area contributed by atoms with Crippen molar-refractivity contribution in [3.63, 3.8) is 0 Å². The molecule has 1 aliphatic carbocycles. The lowest BCUT2D eigenvalue weighted by atomic mass is 9.82. The number of aliphatic hydroxyl groups excluding tert-OH is 1. The third kappa shape index (κ3) is 2.22. The molecule has 0 atom stereocenters. The number of hydrogen-bond donors (Lipinski definition) is 3. The van der Waals surface area contributed by atoms with E-state index in [0.717, 1.165) is 25.1 Å². The molecule has 0 amide bonds. The van der Waals surface area contributed by atoms with Gasteiger partial charge in [0.2, 0.25) is 0 Å². The molecule has 0 bridgehead atoms. The van der Waals surface area contributed by atoms with Crippen LogP contribution in [-0.2, 0) is 0 Å². The summed E-state index contributed by atoms with van der Waals surface area (Å²) < 4.78 is 0. The van der Waals surface area contributed by atoms with Crippen LogP contribution in [0.1, 0.15) is 12.8 Å². The summed E-state index contributed by atoms with van der Waals surface area (Å²) in [7, 11) is 1.97. The Hall–Kier alpha value is -2.08. The number of H-pyrrole nitrogens is 1. The summed E-state index contributed by atoms with van der Waals surface area (Å²) in [6.07, 6.45) is 2.93. The second kappa shape index (κ2) is 4.79. The molecule has 20 heavy (non-hydrogen) atoms. The highest BCUT2D eigenvalue weighted by Gasteiger charge is 2.28. The van der Waals surface area contributed by atoms with Crippen LogP contribution in [0.25, 0.3) is 10.9 Å². The number of fused-ring (bicyclic) bond motifs is 1. The van der Waals surface area contributed by atoms with Gasteiger partial charge in [0.05, 0.1) is 34.7 Å². The third-order valence-electron chi connectivity index (χ3n) is 3.94. The Morgan fingerprint density at radius 3 is 2.95 bits per heavy atom. The fraction of sp³-hybridized carbons (Fsp3) is 0.429. The number of nitrogens with two attached hydrogens (primary N) is 1. The van der Waals surface area contributed by atoms with Crippen LogP contribution in [0.5, 0.6) is 0 Å². The number of benzene rings is 1. The molecule has 0 aliphatic heterocycles. The molecule has 1 saturated carbocycles. The number of rotatable bonds is 3. The summed E-state index contributed by atoms with van der Waals surface area (Å²) in [4.78, 5) is 20.5. The molecule has 3 rings (SSSR count). The lowest BCUT2D eigenvalue weighted by molar-refractivity contribution is 0.0465. The zero-order valence-corrected chi connectivity index (χ0v) is 11.3. The summed E-state index contributed by atoms with van der Waals surface area (Å²) in [6.45, 7) is 0.843. The minimum Gasteiger partial charge on any atom is -0.397 e. The van der Waals surface area contributed by atoms with Crippen molar-refractivity contribution >= 4 is 22.3 Å². The SMILES string of the molecule is CN(CC1CC(O)C1)c1cc2nc[nH]c(=O)c2cc1N. The van der Waals surface area contributed by atoms with E-state index in [0.29, 0.717) is 22.5 Å². The van der Waals surface area contributed by atoms with E-state index in [-0.39, 0.29) is 11.7 Å². The first kappa shape index (κ1) is 12.9. The highest BCUT2D eigenvalue weighted by Crippen LogP contribution is 2.31. The number of nitrogens with one attached hydrogen (secondary N) is 1. The Labute approximate surface area is 116 Å². The Bertz CT molecular complexity index is 691. The third-order valence-corrected chi connectivity index (χ3v) is 3.94. The van der Waals surface area contributed by atoms with Crippen molar-refractivity contribution in [1.82, 2.24) is 9.97 Å². The first-order chi connectivity index (χ1) is 9.54. The zero-order valence-electron chi connectivity index (χ0n) is 11.3. The van der Waals surface area contributed by atoms with Gasteiger partial charge in [-0.05, 0) is 30.9 Å². The molecule has 0 saturated heterocycles. The van der Waals surface area contributed by atoms with E-state index < -0.39 is 0 Å². The standard InChI is InChI=1S/C14H18N4O2/c1-18(6-8-2-9(19)3-8)13-5-12-10(4-11(13)15)14(20)17-7-16-12/h4-5,7-9,19H,2-3,6,15H2,1H3,(H,16,17,20). The topological polar surface area (TPSA) is 95.2 Å². The van der Waals surface area contributed by atoms with Crippen molar-refractivity contribution in [1.29, 1.82) is 0 Å². The van der Waals surface area contributed by atoms with E-state index in [2.05, 4.69) is 14.9 Å². The number of aliphatic hydroxyl groups is 1. The van der Waals surface area contributed by atoms with E-state index >= 15 is 0 Å². The Balaban J connectivity index is 1.91. The first-order valence-corrected chi connectivity index (χ1v) is 6.70. The second-order valence-electron chi connectivity index (χ2n) is 5.53. The molecule has 1 aliphatic rings. The number of nitrogens with zero attached hydrogens (tertiary/aromatic N) is 2.